The molecule has 0 spiro atoms. The maximum atomic E-state index is 12.4. The van der Waals surface area contributed by atoms with E-state index >= 15 is 0 Å². The van der Waals surface area contributed by atoms with E-state index < -0.39 is 11.9 Å². The van der Waals surface area contributed by atoms with Crippen LogP contribution in [0.15, 0.2) is 78.9 Å². The van der Waals surface area contributed by atoms with E-state index in [-0.39, 0.29) is 11.1 Å². The molecule has 0 heterocycles. The number of carbonyl (C=O) groups excluding carboxylic acids is 1. The van der Waals surface area contributed by atoms with Crippen molar-refractivity contribution >= 4 is 17.6 Å². The number of hydrogen-bond donors (Lipinski definition) is 2. The lowest BCUT2D eigenvalue weighted by Gasteiger charge is -2.10. The molecule has 0 saturated heterocycles. The summed E-state index contributed by atoms with van der Waals surface area (Å²) in [5.41, 5.74) is 1.80. The van der Waals surface area contributed by atoms with Gasteiger partial charge in [0.2, 0.25) is 0 Å². The van der Waals surface area contributed by atoms with E-state index in [1.165, 1.54) is 17.7 Å². The van der Waals surface area contributed by atoms with Gasteiger partial charge in [-0.1, -0.05) is 48.5 Å². The zero-order valence-electron chi connectivity index (χ0n) is 14.6. The van der Waals surface area contributed by atoms with Gasteiger partial charge in [0.15, 0.2) is 0 Å². The lowest BCUT2D eigenvalue weighted by molar-refractivity contribution is 0.0692. The Labute approximate surface area is 157 Å². The fourth-order valence-corrected chi connectivity index (χ4v) is 2.66. The van der Waals surface area contributed by atoms with Gasteiger partial charge >= 0.3 is 5.97 Å². The minimum atomic E-state index is -1.14. The number of aromatic carboxylic acids is 1. The molecule has 3 aromatic carbocycles. The fourth-order valence-electron chi connectivity index (χ4n) is 2.66. The third-order valence-corrected chi connectivity index (χ3v) is 4.00. The molecule has 0 radical (unpaired) electrons. The summed E-state index contributed by atoms with van der Waals surface area (Å²) in [7, 11) is 0. The van der Waals surface area contributed by atoms with Gasteiger partial charge in [-0.05, 0) is 29.8 Å². The third kappa shape index (κ3) is 4.95. The van der Waals surface area contributed by atoms with Crippen molar-refractivity contribution in [3.63, 3.8) is 0 Å². The summed E-state index contributed by atoms with van der Waals surface area (Å²) in [6, 6.07) is 23.2. The van der Waals surface area contributed by atoms with E-state index in [1.807, 2.05) is 36.4 Å². The summed E-state index contributed by atoms with van der Waals surface area (Å²) in [6.45, 7) is 0.517. The van der Waals surface area contributed by atoms with Crippen LogP contribution in [-0.4, -0.2) is 23.6 Å². The Balaban J connectivity index is 1.64. The topological polar surface area (TPSA) is 75.6 Å². The first kappa shape index (κ1) is 18.2. The molecular formula is C22H19NO4. The van der Waals surface area contributed by atoms with Crippen molar-refractivity contribution in [2.24, 2.45) is 0 Å². The van der Waals surface area contributed by atoms with E-state index in [1.54, 1.807) is 30.3 Å². The van der Waals surface area contributed by atoms with Gasteiger partial charge < -0.3 is 15.2 Å². The Kier molecular flexibility index (Phi) is 5.84. The van der Waals surface area contributed by atoms with Crippen molar-refractivity contribution < 1.29 is 19.4 Å². The highest BCUT2D eigenvalue weighted by atomic mass is 16.5. The average Bonchev–Trinajstić information content (AvgIpc) is 2.69. The highest BCUT2D eigenvalue weighted by Gasteiger charge is 2.15. The van der Waals surface area contributed by atoms with E-state index in [2.05, 4.69) is 5.32 Å². The lowest BCUT2D eigenvalue weighted by atomic mass is 10.1. The van der Waals surface area contributed by atoms with Crippen LogP contribution in [0, 0.1) is 0 Å². The number of hydrogen-bond acceptors (Lipinski definition) is 3. The quantitative estimate of drug-likeness (QED) is 0.659. The Morgan fingerprint density at radius 1 is 0.852 bits per heavy atom. The van der Waals surface area contributed by atoms with E-state index in [0.717, 1.165) is 6.42 Å². The van der Waals surface area contributed by atoms with Gasteiger partial charge in [0.1, 0.15) is 5.75 Å². The first-order valence-corrected chi connectivity index (χ1v) is 8.54. The Morgan fingerprint density at radius 2 is 1.56 bits per heavy atom. The van der Waals surface area contributed by atoms with Crippen LogP contribution in [0.4, 0.5) is 5.69 Å². The van der Waals surface area contributed by atoms with Crippen molar-refractivity contribution in [2.45, 2.75) is 6.42 Å². The molecule has 0 aromatic heterocycles. The number of anilines is 1. The number of carboxylic acid groups (broad SMARTS) is 1. The summed E-state index contributed by atoms with van der Waals surface area (Å²) < 4.78 is 5.75. The van der Waals surface area contributed by atoms with E-state index in [9.17, 15) is 14.7 Å². The number of carboxylic acids is 1. The van der Waals surface area contributed by atoms with Gasteiger partial charge in [0, 0.05) is 18.2 Å². The van der Waals surface area contributed by atoms with Crippen LogP contribution in [-0.2, 0) is 6.42 Å². The molecule has 0 aliphatic carbocycles. The third-order valence-electron chi connectivity index (χ3n) is 4.00. The second kappa shape index (κ2) is 8.67. The lowest BCUT2D eigenvalue weighted by Crippen LogP contribution is -2.16. The van der Waals surface area contributed by atoms with Gasteiger partial charge in [0.25, 0.3) is 5.91 Å². The molecule has 2 N–H and O–H groups in total. The number of benzene rings is 3. The van der Waals surface area contributed by atoms with Gasteiger partial charge in [-0.25, -0.2) is 4.79 Å². The molecule has 0 atom stereocenters. The molecule has 0 saturated carbocycles. The highest BCUT2D eigenvalue weighted by Crippen LogP contribution is 2.19. The Hall–Kier alpha value is -3.60. The maximum Gasteiger partial charge on any atom is 0.336 e. The van der Waals surface area contributed by atoms with Crippen LogP contribution in [0.1, 0.15) is 26.3 Å². The van der Waals surface area contributed by atoms with Crippen LogP contribution in [0.3, 0.4) is 0 Å². The van der Waals surface area contributed by atoms with Gasteiger partial charge in [0.05, 0.1) is 17.7 Å². The molecule has 0 aliphatic heterocycles. The zero-order valence-corrected chi connectivity index (χ0v) is 14.6. The van der Waals surface area contributed by atoms with Gasteiger partial charge in [-0.15, -0.1) is 0 Å². The van der Waals surface area contributed by atoms with Crippen molar-refractivity contribution in [3.8, 4) is 5.75 Å². The number of ether oxygens (including phenoxy) is 1. The largest absolute Gasteiger partial charge is 0.493 e. The number of carbonyl (C=O) groups is 2. The van der Waals surface area contributed by atoms with Crippen molar-refractivity contribution in [2.75, 3.05) is 11.9 Å². The first-order chi connectivity index (χ1) is 13.1. The van der Waals surface area contributed by atoms with Crippen LogP contribution in [0.5, 0.6) is 5.75 Å². The smallest absolute Gasteiger partial charge is 0.336 e. The molecule has 0 fully saturated rings. The predicted molar refractivity (Wildman–Crippen MR) is 103 cm³/mol. The fraction of sp³-hybridized carbons (Fsp3) is 0.0909. The first-order valence-electron chi connectivity index (χ1n) is 8.54. The summed E-state index contributed by atoms with van der Waals surface area (Å²) in [4.78, 5) is 23.7. The van der Waals surface area contributed by atoms with Crippen molar-refractivity contribution in [1.29, 1.82) is 0 Å². The monoisotopic (exact) mass is 361 g/mol. The van der Waals surface area contributed by atoms with Crippen LogP contribution >= 0.6 is 0 Å². The molecule has 0 unspecified atom stereocenters. The molecule has 1 amide bonds. The van der Waals surface area contributed by atoms with Crippen LogP contribution in [0.25, 0.3) is 0 Å². The highest BCUT2D eigenvalue weighted by molar-refractivity contribution is 6.10. The minimum absolute atomic E-state index is 0.0368. The number of amides is 1. The van der Waals surface area contributed by atoms with Gasteiger partial charge in [-0.2, -0.15) is 0 Å². The molecule has 136 valence electrons. The SMILES string of the molecule is O=C(O)c1ccccc1C(=O)Nc1cccc(OCCc2ccccc2)c1. The molecule has 3 rings (SSSR count). The second-order valence-electron chi connectivity index (χ2n) is 5.92. The van der Waals surface area contributed by atoms with Crippen LogP contribution in [0.2, 0.25) is 0 Å². The summed E-state index contributed by atoms with van der Waals surface area (Å²) in [5.74, 6) is -0.983. The van der Waals surface area contributed by atoms with Crippen molar-refractivity contribution in [3.05, 3.63) is 95.6 Å². The average molecular weight is 361 g/mol. The molecule has 0 aliphatic rings. The Bertz CT molecular complexity index is 938. The zero-order chi connectivity index (χ0) is 19.1. The standard InChI is InChI=1S/C22H19NO4/c24-21(19-11-4-5-12-20(19)22(25)26)23-17-9-6-10-18(15-17)27-14-13-16-7-2-1-3-8-16/h1-12,15H,13-14H2,(H,23,24)(H,25,26). The number of nitrogens with one attached hydrogen (secondary N) is 1. The summed E-state index contributed by atoms with van der Waals surface area (Å²) in [5, 5.41) is 11.9. The minimum Gasteiger partial charge on any atom is -0.493 e. The molecule has 0 bridgehead atoms. The van der Waals surface area contributed by atoms with Crippen LogP contribution < -0.4 is 10.1 Å². The maximum absolute atomic E-state index is 12.4. The van der Waals surface area contributed by atoms with E-state index in [4.69, 9.17) is 4.74 Å². The molecule has 3 aromatic rings. The van der Waals surface area contributed by atoms with E-state index in [0.29, 0.717) is 18.0 Å². The molecule has 27 heavy (non-hydrogen) atoms. The molecule has 5 nitrogen and oxygen atoms in total. The molecule has 5 heteroatoms. The summed E-state index contributed by atoms with van der Waals surface area (Å²) >= 11 is 0. The normalized spacial score (nSPS) is 10.2. The van der Waals surface area contributed by atoms with Gasteiger partial charge in [-0.3, -0.25) is 4.79 Å². The summed E-state index contributed by atoms with van der Waals surface area (Å²) in [6.07, 6.45) is 0.781. The predicted octanol–water partition coefficient (Wildman–Crippen LogP) is 4.26. The second-order valence-corrected chi connectivity index (χ2v) is 5.92. The van der Waals surface area contributed by atoms with Crippen molar-refractivity contribution in [1.82, 2.24) is 0 Å². The molecular weight excluding hydrogens is 342 g/mol. The Morgan fingerprint density at radius 3 is 2.30 bits per heavy atom. The number of rotatable bonds is 7.